The van der Waals surface area contributed by atoms with Crippen molar-refractivity contribution in [3.8, 4) is 0 Å². The van der Waals surface area contributed by atoms with Crippen LogP contribution in [0.25, 0.3) is 0 Å². The molecule has 0 aromatic carbocycles. The number of Topliss-reactive ketones (excluding diaryl/α,β-unsaturated/α-hetero) is 1. The van der Waals surface area contributed by atoms with Gasteiger partial charge in [-0.15, -0.1) is 0 Å². The van der Waals surface area contributed by atoms with Gasteiger partial charge in [0, 0.05) is 24.5 Å². The molecule has 0 spiro atoms. The van der Waals surface area contributed by atoms with Gasteiger partial charge in [0.05, 0.1) is 11.2 Å². The number of carbonyl (C=O) groups excluding carboxylic acids is 1. The number of carbonyl (C=O) groups is 1. The highest BCUT2D eigenvalue weighted by atomic mass is 16.1. The Balaban J connectivity index is 2.29. The minimum atomic E-state index is 0.0124. The van der Waals surface area contributed by atoms with E-state index in [4.69, 9.17) is 0 Å². The SMILES string of the molecule is CCC1C(=O)CC1c1cn(C(C)(C)C)nc1C. The predicted octanol–water partition coefficient (Wildman–Crippen LogP) is 3.03. The number of nitrogens with zero attached hydrogens (tertiary/aromatic N) is 2. The molecule has 1 aromatic rings. The standard InChI is InChI=1S/C14H22N2O/c1-6-10-11(7-13(10)17)12-8-16(14(3,4)5)15-9(12)2/h8,10-11H,6-7H2,1-5H3. The van der Waals surface area contributed by atoms with Gasteiger partial charge in [0.1, 0.15) is 5.78 Å². The lowest BCUT2D eigenvalue weighted by atomic mass is 9.68. The van der Waals surface area contributed by atoms with Crippen LogP contribution in [0.2, 0.25) is 0 Å². The third kappa shape index (κ3) is 2.03. The van der Waals surface area contributed by atoms with Crippen LogP contribution in [0.4, 0.5) is 0 Å². The first-order valence-corrected chi connectivity index (χ1v) is 6.44. The van der Waals surface area contributed by atoms with Gasteiger partial charge in [-0.1, -0.05) is 6.92 Å². The second kappa shape index (κ2) is 3.97. The summed E-state index contributed by atoms with van der Waals surface area (Å²) in [6.07, 6.45) is 3.79. The van der Waals surface area contributed by atoms with Crippen molar-refractivity contribution in [2.24, 2.45) is 5.92 Å². The number of aryl methyl sites for hydroxylation is 1. The topological polar surface area (TPSA) is 34.9 Å². The molecule has 0 saturated heterocycles. The smallest absolute Gasteiger partial charge is 0.137 e. The summed E-state index contributed by atoms with van der Waals surface area (Å²) in [5.41, 5.74) is 2.36. The molecule has 1 heterocycles. The maximum atomic E-state index is 11.5. The first-order chi connectivity index (χ1) is 7.84. The zero-order chi connectivity index (χ0) is 12.8. The number of ketones is 1. The molecule has 1 saturated carbocycles. The van der Waals surface area contributed by atoms with Crippen molar-refractivity contribution in [3.05, 3.63) is 17.5 Å². The Morgan fingerprint density at radius 2 is 2.12 bits per heavy atom. The van der Waals surface area contributed by atoms with Crippen LogP contribution in [0.15, 0.2) is 6.20 Å². The van der Waals surface area contributed by atoms with Crippen LogP contribution in [-0.4, -0.2) is 15.6 Å². The normalized spacial score (nSPS) is 24.9. The van der Waals surface area contributed by atoms with Crippen molar-refractivity contribution >= 4 is 5.78 Å². The fraction of sp³-hybridized carbons (Fsp3) is 0.714. The van der Waals surface area contributed by atoms with E-state index in [0.29, 0.717) is 18.1 Å². The summed E-state index contributed by atoms with van der Waals surface area (Å²) in [6.45, 7) is 10.6. The molecular weight excluding hydrogens is 212 g/mol. The Labute approximate surface area is 103 Å². The number of hydrogen-bond acceptors (Lipinski definition) is 2. The fourth-order valence-corrected chi connectivity index (χ4v) is 2.59. The zero-order valence-corrected chi connectivity index (χ0v) is 11.4. The van der Waals surface area contributed by atoms with E-state index >= 15 is 0 Å². The van der Waals surface area contributed by atoms with E-state index in [9.17, 15) is 4.79 Å². The van der Waals surface area contributed by atoms with Crippen molar-refractivity contribution in [1.82, 2.24) is 9.78 Å². The van der Waals surface area contributed by atoms with Gasteiger partial charge in [-0.3, -0.25) is 9.48 Å². The van der Waals surface area contributed by atoms with Crippen LogP contribution in [-0.2, 0) is 10.3 Å². The van der Waals surface area contributed by atoms with E-state index in [1.165, 1.54) is 5.56 Å². The highest BCUT2D eigenvalue weighted by Crippen LogP contribution is 2.42. The van der Waals surface area contributed by atoms with Crippen molar-refractivity contribution in [1.29, 1.82) is 0 Å². The molecule has 0 radical (unpaired) electrons. The second-order valence-electron chi connectivity index (χ2n) is 6.08. The van der Waals surface area contributed by atoms with Crippen molar-refractivity contribution < 1.29 is 4.79 Å². The number of aromatic nitrogens is 2. The molecule has 1 aliphatic carbocycles. The average molecular weight is 234 g/mol. The molecule has 2 rings (SSSR count). The van der Waals surface area contributed by atoms with E-state index in [-0.39, 0.29) is 11.5 Å². The van der Waals surface area contributed by atoms with Gasteiger partial charge in [0.25, 0.3) is 0 Å². The minimum absolute atomic E-state index is 0.0124. The molecule has 2 atom stereocenters. The Hall–Kier alpha value is -1.12. The van der Waals surface area contributed by atoms with Crippen molar-refractivity contribution in [2.75, 3.05) is 0 Å². The molecule has 0 N–H and O–H groups in total. The third-order valence-electron chi connectivity index (χ3n) is 3.78. The molecule has 1 fully saturated rings. The largest absolute Gasteiger partial charge is 0.299 e. The van der Waals surface area contributed by atoms with Gasteiger partial charge in [-0.2, -0.15) is 5.10 Å². The highest BCUT2D eigenvalue weighted by Gasteiger charge is 2.40. The summed E-state index contributed by atoms with van der Waals surface area (Å²) in [4.78, 5) is 11.5. The summed E-state index contributed by atoms with van der Waals surface area (Å²) in [7, 11) is 0. The molecule has 94 valence electrons. The molecule has 3 heteroatoms. The van der Waals surface area contributed by atoms with Crippen LogP contribution >= 0.6 is 0 Å². The van der Waals surface area contributed by atoms with Gasteiger partial charge in [-0.05, 0) is 39.7 Å². The summed E-state index contributed by atoms with van der Waals surface area (Å²) in [5.74, 6) is 1.05. The molecule has 3 nitrogen and oxygen atoms in total. The van der Waals surface area contributed by atoms with Crippen LogP contribution in [0.3, 0.4) is 0 Å². The Morgan fingerprint density at radius 1 is 1.47 bits per heavy atom. The van der Waals surface area contributed by atoms with E-state index in [0.717, 1.165) is 12.1 Å². The summed E-state index contributed by atoms with van der Waals surface area (Å²) >= 11 is 0. The van der Waals surface area contributed by atoms with Gasteiger partial charge in [0.2, 0.25) is 0 Å². The molecule has 2 unspecified atom stereocenters. The first-order valence-electron chi connectivity index (χ1n) is 6.44. The monoisotopic (exact) mass is 234 g/mol. The average Bonchev–Trinajstić information content (AvgIpc) is 2.56. The molecule has 1 aliphatic rings. The van der Waals surface area contributed by atoms with Crippen LogP contribution < -0.4 is 0 Å². The van der Waals surface area contributed by atoms with E-state index in [2.05, 4.69) is 39.0 Å². The predicted molar refractivity (Wildman–Crippen MR) is 68.1 cm³/mol. The molecule has 17 heavy (non-hydrogen) atoms. The molecule has 0 amide bonds. The van der Waals surface area contributed by atoms with Gasteiger partial charge < -0.3 is 0 Å². The van der Waals surface area contributed by atoms with Gasteiger partial charge >= 0.3 is 0 Å². The van der Waals surface area contributed by atoms with Crippen molar-refractivity contribution in [3.63, 3.8) is 0 Å². The van der Waals surface area contributed by atoms with E-state index in [1.54, 1.807) is 0 Å². The Morgan fingerprint density at radius 3 is 2.53 bits per heavy atom. The highest BCUT2D eigenvalue weighted by molar-refractivity contribution is 5.89. The molecule has 0 bridgehead atoms. The van der Waals surface area contributed by atoms with E-state index in [1.807, 2.05) is 11.6 Å². The second-order valence-corrected chi connectivity index (χ2v) is 6.08. The van der Waals surface area contributed by atoms with Crippen LogP contribution in [0, 0.1) is 12.8 Å². The van der Waals surface area contributed by atoms with Crippen molar-refractivity contribution in [2.45, 2.75) is 58.9 Å². The molecule has 0 aliphatic heterocycles. The lowest BCUT2D eigenvalue weighted by Gasteiger charge is -2.34. The number of hydrogen-bond donors (Lipinski definition) is 0. The zero-order valence-electron chi connectivity index (χ0n) is 11.4. The number of rotatable bonds is 2. The van der Waals surface area contributed by atoms with Crippen LogP contribution in [0.1, 0.15) is 57.7 Å². The quantitative estimate of drug-likeness (QED) is 0.788. The van der Waals surface area contributed by atoms with Crippen LogP contribution in [0.5, 0.6) is 0 Å². The van der Waals surface area contributed by atoms with Gasteiger partial charge in [-0.25, -0.2) is 0 Å². The maximum absolute atomic E-state index is 11.5. The summed E-state index contributed by atoms with van der Waals surface area (Å²) < 4.78 is 2.02. The summed E-state index contributed by atoms with van der Waals surface area (Å²) in [5, 5.41) is 4.58. The Bertz CT molecular complexity index is 440. The third-order valence-corrected chi connectivity index (χ3v) is 3.78. The van der Waals surface area contributed by atoms with Gasteiger partial charge in [0.15, 0.2) is 0 Å². The molecular formula is C14H22N2O. The first kappa shape index (κ1) is 12.3. The summed E-state index contributed by atoms with van der Waals surface area (Å²) in [6, 6.07) is 0. The van der Waals surface area contributed by atoms with E-state index < -0.39 is 0 Å². The Kier molecular flexibility index (Phi) is 2.88. The lowest BCUT2D eigenvalue weighted by Crippen LogP contribution is -2.34. The maximum Gasteiger partial charge on any atom is 0.137 e. The lowest BCUT2D eigenvalue weighted by molar-refractivity contribution is -0.131. The molecule has 1 aromatic heterocycles. The minimum Gasteiger partial charge on any atom is -0.299 e. The fourth-order valence-electron chi connectivity index (χ4n) is 2.59.